The van der Waals surface area contributed by atoms with Crippen molar-refractivity contribution in [2.45, 2.75) is 50.7 Å². The Labute approximate surface area is 288 Å². The quantitative estimate of drug-likeness (QED) is 0.0834. The molecule has 0 unspecified atom stereocenters. The second kappa shape index (κ2) is 15.3. The Balaban J connectivity index is 1.21. The summed E-state index contributed by atoms with van der Waals surface area (Å²) in [6.45, 7) is 4.46. The fourth-order valence-electron chi connectivity index (χ4n) is 5.56. The van der Waals surface area contributed by atoms with Gasteiger partial charge in [-0.1, -0.05) is 35.3 Å². The summed E-state index contributed by atoms with van der Waals surface area (Å²) in [4.78, 5) is 34.0. The van der Waals surface area contributed by atoms with Crippen molar-refractivity contribution in [1.82, 2.24) is 24.9 Å². The third-order valence-electron chi connectivity index (χ3n) is 7.93. The number of ether oxygens (including phenoxy) is 1. The van der Waals surface area contributed by atoms with Gasteiger partial charge in [0.1, 0.15) is 34.5 Å². The van der Waals surface area contributed by atoms with Crippen LogP contribution in [0.2, 0.25) is 10.0 Å². The first kappa shape index (κ1) is 35.0. The van der Waals surface area contributed by atoms with Gasteiger partial charge in [-0.2, -0.15) is 9.41 Å². The molecule has 2 amide bonds. The number of hydrogen-bond acceptors (Lipinski definition) is 9. The molecule has 4 N–H and O–H groups in total. The number of aryl methyl sites for hydroxylation is 2. The van der Waals surface area contributed by atoms with E-state index in [1.165, 1.54) is 28.8 Å². The van der Waals surface area contributed by atoms with Gasteiger partial charge in [-0.3, -0.25) is 14.6 Å². The smallest absolute Gasteiger partial charge is 0.269 e. The third-order valence-corrected chi connectivity index (χ3v) is 10.8. The van der Waals surface area contributed by atoms with Crippen LogP contribution in [0.15, 0.2) is 64.7 Å². The summed E-state index contributed by atoms with van der Waals surface area (Å²) in [5.41, 5.74) is 3.77. The predicted molar refractivity (Wildman–Crippen MR) is 185 cm³/mol. The lowest BCUT2D eigenvalue weighted by atomic mass is 10.1. The fourth-order valence-corrected chi connectivity index (χ4v) is 8.08. The monoisotopic (exact) mass is 711 g/mol. The Bertz CT molecular complexity index is 1970. The largest absolute Gasteiger partial charge is 0.487 e. The van der Waals surface area contributed by atoms with Crippen molar-refractivity contribution in [2.75, 3.05) is 19.6 Å². The number of para-hydroxylation sites is 1. The molecule has 0 radical (unpaired) electrons. The molecular weight excluding hydrogens is 677 g/mol. The number of rotatable bonds is 12. The second-order valence-electron chi connectivity index (χ2n) is 11.3. The van der Waals surface area contributed by atoms with Crippen molar-refractivity contribution in [2.24, 2.45) is 10.9 Å². The van der Waals surface area contributed by atoms with Gasteiger partial charge in [-0.05, 0) is 75.1 Å². The van der Waals surface area contributed by atoms with Gasteiger partial charge in [0.05, 0.1) is 11.2 Å². The van der Waals surface area contributed by atoms with Gasteiger partial charge < -0.3 is 21.2 Å². The summed E-state index contributed by atoms with van der Waals surface area (Å²) in [5.74, 6) is 4.84. The minimum atomic E-state index is -4.18. The van der Waals surface area contributed by atoms with Crippen LogP contribution in [0.1, 0.15) is 52.1 Å². The van der Waals surface area contributed by atoms with Gasteiger partial charge in [0.25, 0.3) is 5.91 Å². The minimum absolute atomic E-state index is 0.0681. The molecule has 0 saturated carbocycles. The highest BCUT2D eigenvalue weighted by molar-refractivity contribution is 7.89. The van der Waals surface area contributed by atoms with Crippen molar-refractivity contribution >= 4 is 62.2 Å². The highest BCUT2D eigenvalue weighted by Gasteiger charge is 2.40. The van der Waals surface area contributed by atoms with Gasteiger partial charge in [-0.15, -0.1) is 0 Å². The lowest BCUT2D eigenvalue weighted by molar-refractivity contribution is -0.124. The number of carbonyl (C=O) groups is 2. The van der Waals surface area contributed by atoms with Crippen LogP contribution in [0, 0.1) is 13.8 Å². The van der Waals surface area contributed by atoms with Crippen LogP contribution in [0.25, 0.3) is 10.9 Å². The Morgan fingerprint density at radius 1 is 1.12 bits per heavy atom. The van der Waals surface area contributed by atoms with Crippen LogP contribution in [0.4, 0.5) is 0 Å². The van der Waals surface area contributed by atoms with E-state index >= 15 is 0 Å². The average Bonchev–Trinajstić information content (AvgIpc) is 3.56. The lowest BCUT2D eigenvalue weighted by Gasteiger charge is -2.24. The lowest BCUT2D eigenvalue weighted by Crippen LogP contribution is -2.46. The molecule has 1 fully saturated rings. The van der Waals surface area contributed by atoms with Gasteiger partial charge in [0, 0.05) is 53.1 Å². The number of pyridine rings is 2. The van der Waals surface area contributed by atoms with E-state index in [1.807, 2.05) is 32.0 Å². The minimum Gasteiger partial charge on any atom is -0.487 e. The van der Waals surface area contributed by atoms with Gasteiger partial charge in [0.2, 0.25) is 15.9 Å². The molecule has 0 bridgehead atoms. The van der Waals surface area contributed by atoms with Crippen molar-refractivity contribution in [3.63, 3.8) is 0 Å². The normalized spacial score (nSPS) is 15.2. The molecule has 3 heterocycles. The summed E-state index contributed by atoms with van der Waals surface area (Å²) in [6.07, 6.45) is 4.17. The summed E-state index contributed by atoms with van der Waals surface area (Å²) in [6, 6.07) is 12.7. The number of nitrogens with two attached hydrogens (primary N) is 1. The molecule has 48 heavy (non-hydrogen) atoms. The van der Waals surface area contributed by atoms with E-state index in [-0.39, 0.29) is 52.8 Å². The number of nitrogens with zero attached hydrogens (tertiary/aromatic N) is 4. The molecule has 1 saturated heterocycles. The fraction of sp³-hybridized carbons (Fsp3) is 0.303. The maximum absolute atomic E-state index is 13.9. The van der Waals surface area contributed by atoms with Crippen molar-refractivity contribution in [3.8, 4) is 5.75 Å². The number of carbonyl (C=O) groups excluding carboxylic acids is 2. The number of hydrazone groups is 1. The molecular formula is C33H35Cl2N7O5S. The molecule has 12 nitrogen and oxygen atoms in total. The summed E-state index contributed by atoms with van der Waals surface area (Å²) < 4.78 is 35.1. The van der Waals surface area contributed by atoms with Crippen LogP contribution in [0.5, 0.6) is 5.75 Å². The van der Waals surface area contributed by atoms with Crippen molar-refractivity contribution in [3.05, 3.63) is 92.9 Å². The summed E-state index contributed by atoms with van der Waals surface area (Å²) in [5, 5.41) is 10.1. The van der Waals surface area contributed by atoms with E-state index < -0.39 is 22.0 Å². The highest BCUT2D eigenvalue weighted by atomic mass is 35.5. The van der Waals surface area contributed by atoms with Crippen LogP contribution in [-0.2, 0) is 21.4 Å². The predicted octanol–water partition coefficient (Wildman–Crippen LogP) is 4.51. The standard InChI is InChI=1S/C33H35Cl2N7O5S/c1-20-16-21(2)41-31-23(20)6-3-8-28(31)47-19-24-25(34)10-12-29(30(24)35)48(45,46)42-15-4-7-27(42)33(44)38-14-5-13-37-32(43)26-11-9-22(17-39-26)18-40-36/h3,6,8-12,16-18,27H,4-5,7,13-15,19,36H2,1-2H3,(H,37,43)(H,38,44)/t27-/m0/s1. The van der Waals surface area contributed by atoms with Crippen LogP contribution in [-0.4, -0.2) is 66.4 Å². The molecule has 15 heteroatoms. The summed E-state index contributed by atoms with van der Waals surface area (Å²) in [7, 11) is -4.18. The molecule has 1 aliphatic rings. The van der Waals surface area contributed by atoms with E-state index in [2.05, 4.69) is 25.7 Å². The third kappa shape index (κ3) is 7.70. The second-order valence-corrected chi connectivity index (χ2v) is 13.9. The number of halogens is 2. The van der Waals surface area contributed by atoms with Crippen LogP contribution in [0.3, 0.4) is 0 Å². The number of hydrogen-bond donors (Lipinski definition) is 3. The van der Waals surface area contributed by atoms with Crippen molar-refractivity contribution in [1.29, 1.82) is 0 Å². The van der Waals surface area contributed by atoms with Gasteiger partial charge >= 0.3 is 0 Å². The Hall–Kier alpha value is -4.30. The first-order chi connectivity index (χ1) is 23.0. The number of aromatic nitrogens is 2. The molecule has 0 spiro atoms. The maximum atomic E-state index is 13.9. The zero-order valence-corrected chi connectivity index (χ0v) is 28.7. The topological polar surface area (TPSA) is 169 Å². The summed E-state index contributed by atoms with van der Waals surface area (Å²) >= 11 is 13.2. The Kier molecular flexibility index (Phi) is 11.2. The van der Waals surface area contributed by atoms with E-state index in [0.717, 1.165) is 16.6 Å². The molecule has 0 aliphatic carbocycles. The number of amides is 2. The molecule has 4 aromatic rings. The van der Waals surface area contributed by atoms with E-state index in [0.29, 0.717) is 41.7 Å². The number of sulfonamides is 1. The van der Waals surface area contributed by atoms with E-state index in [1.54, 1.807) is 18.2 Å². The molecule has 2 aromatic carbocycles. The molecule has 2 aromatic heterocycles. The van der Waals surface area contributed by atoms with E-state index in [4.69, 9.17) is 33.8 Å². The Morgan fingerprint density at radius 2 is 1.92 bits per heavy atom. The zero-order chi connectivity index (χ0) is 34.4. The van der Waals surface area contributed by atoms with Crippen LogP contribution >= 0.6 is 23.2 Å². The molecule has 5 rings (SSSR count). The maximum Gasteiger partial charge on any atom is 0.269 e. The SMILES string of the molecule is Cc1cc(C)c2cccc(OCc3c(Cl)ccc(S(=O)(=O)N4CCC[C@H]4C(=O)NCCCNC(=O)c4ccc(C=NN)cn4)c3Cl)c2n1. The number of benzene rings is 2. The number of fused-ring (bicyclic) bond motifs is 1. The average molecular weight is 713 g/mol. The first-order valence-corrected chi connectivity index (χ1v) is 17.4. The molecule has 1 aliphatic heterocycles. The van der Waals surface area contributed by atoms with E-state index in [9.17, 15) is 18.0 Å². The molecule has 1 atom stereocenters. The highest BCUT2D eigenvalue weighted by Crippen LogP contribution is 2.36. The van der Waals surface area contributed by atoms with Gasteiger partial charge in [-0.25, -0.2) is 13.4 Å². The van der Waals surface area contributed by atoms with Crippen LogP contribution < -0.4 is 21.2 Å². The van der Waals surface area contributed by atoms with Crippen molar-refractivity contribution < 1.29 is 22.7 Å². The first-order valence-electron chi connectivity index (χ1n) is 15.2. The zero-order valence-electron chi connectivity index (χ0n) is 26.4. The number of nitrogens with one attached hydrogen (secondary N) is 2. The molecule has 252 valence electrons. The van der Waals surface area contributed by atoms with Gasteiger partial charge in [0.15, 0.2) is 0 Å². The Morgan fingerprint density at radius 3 is 2.67 bits per heavy atom.